The number of pyridine rings is 1. The lowest BCUT2D eigenvalue weighted by atomic mass is 10.1. The molecule has 3 heterocycles. The Labute approximate surface area is 203 Å². The van der Waals surface area contributed by atoms with Gasteiger partial charge in [0.1, 0.15) is 0 Å². The lowest BCUT2D eigenvalue weighted by molar-refractivity contribution is -0.116. The van der Waals surface area contributed by atoms with Crippen molar-refractivity contribution < 1.29 is 4.79 Å². The van der Waals surface area contributed by atoms with Crippen LogP contribution in [0.3, 0.4) is 0 Å². The van der Waals surface area contributed by atoms with Crippen LogP contribution in [-0.4, -0.2) is 30.5 Å². The van der Waals surface area contributed by atoms with Crippen molar-refractivity contribution >= 4 is 12.0 Å². The summed E-state index contributed by atoms with van der Waals surface area (Å²) in [5, 5.41) is 12.0. The minimum absolute atomic E-state index is 0.199. The van der Waals surface area contributed by atoms with Gasteiger partial charge in [0.2, 0.25) is 5.91 Å². The first-order valence-electron chi connectivity index (χ1n) is 11.3. The highest BCUT2D eigenvalue weighted by molar-refractivity contribution is 5.92. The van der Waals surface area contributed by atoms with Crippen molar-refractivity contribution in [3.05, 3.63) is 126 Å². The molecule has 0 spiro atoms. The molecule has 0 aliphatic heterocycles. The van der Waals surface area contributed by atoms with Crippen molar-refractivity contribution in [3.63, 3.8) is 0 Å². The van der Waals surface area contributed by atoms with E-state index in [9.17, 15) is 4.79 Å². The van der Waals surface area contributed by atoms with Gasteiger partial charge in [-0.25, -0.2) is 9.67 Å². The quantitative estimate of drug-likeness (QED) is 0.346. The fourth-order valence-corrected chi connectivity index (χ4v) is 3.81. The van der Waals surface area contributed by atoms with Gasteiger partial charge in [-0.2, -0.15) is 10.2 Å². The van der Waals surface area contributed by atoms with Crippen LogP contribution in [0.4, 0.5) is 0 Å². The molecule has 0 atom stereocenters. The standard InChI is InChI=1S/C28H24N6O/c35-26(30-19-24-13-7-16-29-28(24)34-18-8-17-31-34)15-14-25-21-33(20-22-9-3-1-4-10-22)32-27(25)23-11-5-2-6-12-23/h1-18,21H,19-20H2,(H,30,35)/b15-14+. The Balaban J connectivity index is 1.33. The molecule has 5 aromatic rings. The van der Waals surface area contributed by atoms with Gasteiger partial charge in [0.05, 0.1) is 12.2 Å². The van der Waals surface area contributed by atoms with E-state index in [0.717, 1.165) is 27.9 Å². The number of hydrogen-bond donors (Lipinski definition) is 1. The zero-order chi connectivity index (χ0) is 23.9. The van der Waals surface area contributed by atoms with Crippen LogP contribution in [0.15, 0.2) is 110 Å². The highest BCUT2D eigenvalue weighted by Gasteiger charge is 2.11. The fraction of sp³-hybridized carbons (Fsp3) is 0.0714. The van der Waals surface area contributed by atoms with Gasteiger partial charge in [0.25, 0.3) is 0 Å². The molecule has 0 aliphatic rings. The van der Waals surface area contributed by atoms with Gasteiger partial charge in [0, 0.05) is 54.1 Å². The number of benzene rings is 2. The molecule has 0 saturated carbocycles. The molecule has 35 heavy (non-hydrogen) atoms. The second-order valence-electron chi connectivity index (χ2n) is 7.97. The first-order chi connectivity index (χ1) is 17.3. The van der Waals surface area contributed by atoms with Crippen LogP contribution in [0.2, 0.25) is 0 Å². The van der Waals surface area contributed by atoms with Gasteiger partial charge in [-0.15, -0.1) is 0 Å². The Morgan fingerprint density at radius 2 is 1.71 bits per heavy atom. The van der Waals surface area contributed by atoms with E-state index in [1.807, 2.05) is 89.9 Å². The lowest BCUT2D eigenvalue weighted by Gasteiger charge is -2.08. The van der Waals surface area contributed by atoms with Gasteiger partial charge < -0.3 is 5.32 Å². The molecule has 0 aliphatic carbocycles. The second kappa shape index (κ2) is 10.4. The molecule has 0 unspecified atom stereocenters. The van der Waals surface area contributed by atoms with Crippen LogP contribution in [-0.2, 0) is 17.9 Å². The van der Waals surface area contributed by atoms with Gasteiger partial charge in [-0.3, -0.25) is 9.48 Å². The Morgan fingerprint density at radius 1 is 0.914 bits per heavy atom. The van der Waals surface area contributed by atoms with E-state index in [-0.39, 0.29) is 5.91 Å². The van der Waals surface area contributed by atoms with Crippen molar-refractivity contribution in [2.45, 2.75) is 13.1 Å². The molecular weight excluding hydrogens is 436 g/mol. The third-order valence-corrected chi connectivity index (χ3v) is 5.48. The molecule has 5 rings (SSSR count). The maximum atomic E-state index is 12.7. The first-order valence-corrected chi connectivity index (χ1v) is 11.3. The molecule has 172 valence electrons. The Morgan fingerprint density at radius 3 is 2.49 bits per heavy atom. The monoisotopic (exact) mass is 460 g/mol. The van der Waals surface area contributed by atoms with Crippen molar-refractivity contribution in [1.82, 2.24) is 29.9 Å². The summed E-state index contributed by atoms with van der Waals surface area (Å²) in [5.74, 6) is 0.491. The fourth-order valence-electron chi connectivity index (χ4n) is 3.81. The normalized spacial score (nSPS) is 11.1. The number of nitrogens with one attached hydrogen (secondary N) is 1. The summed E-state index contributed by atoms with van der Waals surface area (Å²) in [5.41, 5.74) is 4.74. The van der Waals surface area contributed by atoms with Crippen LogP contribution in [0.25, 0.3) is 23.2 Å². The summed E-state index contributed by atoms with van der Waals surface area (Å²) in [6.45, 7) is 0.989. The number of hydrogen-bond acceptors (Lipinski definition) is 4. The highest BCUT2D eigenvalue weighted by atomic mass is 16.1. The first kappa shape index (κ1) is 22.0. The van der Waals surface area contributed by atoms with Crippen LogP contribution in [0, 0.1) is 0 Å². The smallest absolute Gasteiger partial charge is 0.244 e. The zero-order valence-electron chi connectivity index (χ0n) is 19.0. The molecule has 7 heteroatoms. The van der Waals surface area contributed by atoms with E-state index in [4.69, 9.17) is 5.10 Å². The number of carbonyl (C=O) groups is 1. The van der Waals surface area contributed by atoms with Gasteiger partial charge in [0.15, 0.2) is 5.82 Å². The molecule has 7 nitrogen and oxygen atoms in total. The molecule has 1 amide bonds. The van der Waals surface area contributed by atoms with E-state index in [2.05, 4.69) is 27.5 Å². The Hall–Kier alpha value is -4.78. The second-order valence-corrected chi connectivity index (χ2v) is 7.97. The predicted octanol–water partition coefficient (Wildman–Crippen LogP) is 4.51. The van der Waals surface area contributed by atoms with Crippen LogP contribution in [0.1, 0.15) is 16.7 Å². The summed E-state index contributed by atoms with van der Waals surface area (Å²) in [6, 6.07) is 25.8. The maximum Gasteiger partial charge on any atom is 0.244 e. The third-order valence-electron chi connectivity index (χ3n) is 5.48. The number of rotatable bonds is 8. The third kappa shape index (κ3) is 5.42. The number of carbonyl (C=O) groups excluding carboxylic acids is 1. The number of aromatic nitrogens is 5. The van der Waals surface area contributed by atoms with Crippen LogP contribution >= 0.6 is 0 Å². The number of nitrogens with zero attached hydrogens (tertiary/aromatic N) is 5. The van der Waals surface area contributed by atoms with Gasteiger partial charge >= 0.3 is 0 Å². The van der Waals surface area contributed by atoms with Gasteiger partial charge in [-0.05, 0) is 23.8 Å². The Kier molecular flexibility index (Phi) is 6.57. The van der Waals surface area contributed by atoms with Crippen molar-refractivity contribution in [3.8, 4) is 17.1 Å². The molecule has 0 radical (unpaired) electrons. The summed E-state index contributed by atoms with van der Waals surface area (Å²) >= 11 is 0. The molecular formula is C28H24N6O. The van der Waals surface area contributed by atoms with Crippen LogP contribution in [0.5, 0.6) is 0 Å². The molecule has 0 bridgehead atoms. The average Bonchev–Trinajstić information content (AvgIpc) is 3.58. The predicted molar refractivity (Wildman–Crippen MR) is 135 cm³/mol. The Bertz CT molecular complexity index is 1420. The van der Waals surface area contributed by atoms with Crippen molar-refractivity contribution in [2.24, 2.45) is 0 Å². The highest BCUT2D eigenvalue weighted by Crippen LogP contribution is 2.23. The van der Waals surface area contributed by atoms with E-state index in [1.165, 1.54) is 0 Å². The summed E-state index contributed by atoms with van der Waals surface area (Å²) < 4.78 is 3.59. The molecule has 3 aromatic heterocycles. The van der Waals surface area contributed by atoms with Crippen molar-refractivity contribution in [2.75, 3.05) is 0 Å². The largest absolute Gasteiger partial charge is 0.348 e. The summed E-state index contributed by atoms with van der Waals surface area (Å²) in [6.07, 6.45) is 10.6. The topological polar surface area (TPSA) is 77.6 Å². The minimum atomic E-state index is -0.199. The van der Waals surface area contributed by atoms with E-state index < -0.39 is 0 Å². The maximum absolute atomic E-state index is 12.7. The molecule has 1 N–H and O–H groups in total. The molecule has 0 saturated heterocycles. The van der Waals surface area contributed by atoms with E-state index >= 15 is 0 Å². The SMILES string of the molecule is O=C(/C=C/c1cn(Cc2ccccc2)nc1-c1ccccc1)NCc1cccnc1-n1cccn1. The molecule has 2 aromatic carbocycles. The van der Waals surface area contributed by atoms with Gasteiger partial charge in [-0.1, -0.05) is 66.7 Å². The van der Waals surface area contributed by atoms with Crippen LogP contribution < -0.4 is 5.32 Å². The summed E-state index contributed by atoms with van der Waals surface area (Å²) in [4.78, 5) is 17.1. The minimum Gasteiger partial charge on any atom is -0.348 e. The van der Waals surface area contributed by atoms with E-state index in [0.29, 0.717) is 18.9 Å². The zero-order valence-corrected chi connectivity index (χ0v) is 19.0. The molecule has 0 fully saturated rings. The van der Waals surface area contributed by atoms with E-state index in [1.54, 1.807) is 23.2 Å². The van der Waals surface area contributed by atoms with Crippen molar-refractivity contribution in [1.29, 1.82) is 0 Å². The average molecular weight is 461 g/mol. The summed E-state index contributed by atoms with van der Waals surface area (Å²) in [7, 11) is 0. The lowest BCUT2D eigenvalue weighted by Crippen LogP contribution is -2.21. The number of amides is 1.